The van der Waals surface area contributed by atoms with E-state index in [4.69, 9.17) is 15.6 Å². The normalized spacial score (nSPS) is 37.5. The summed E-state index contributed by atoms with van der Waals surface area (Å²) in [6, 6.07) is 0. The molecule has 94 valence electrons. The molecule has 4 atom stereocenters. The molecule has 8 nitrogen and oxygen atoms in total. The first-order valence-electron chi connectivity index (χ1n) is 5.02. The van der Waals surface area contributed by atoms with Crippen molar-refractivity contribution in [3.05, 3.63) is 12.4 Å². The van der Waals surface area contributed by atoms with Crippen LogP contribution in [-0.2, 0) is 4.74 Å². The average Bonchev–Trinajstić information content (AvgIpc) is 2.57. The Kier molecular flexibility index (Phi) is 3.11. The Bertz CT molecular complexity index is 383. The summed E-state index contributed by atoms with van der Waals surface area (Å²) in [6.07, 6.45) is -2.79. The van der Waals surface area contributed by atoms with E-state index in [0.29, 0.717) is 0 Å². The maximum Gasteiger partial charge on any atom is 0.223 e. The molecule has 0 aliphatic carbocycles. The number of aliphatic hydroxyl groups excluding tert-OH is 3. The van der Waals surface area contributed by atoms with E-state index >= 15 is 0 Å². The molecule has 8 heteroatoms. The summed E-state index contributed by atoms with van der Waals surface area (Å²) >= 11 is 0. The summed E-state index contributed by atoms with van der Waals surface area (Å²) in [5, 5.41) is 28.3. The zero-order valence-electron chi connectivity index (χ0n) is 8.97. The van der Waals surface area contributed by atoms with Crippen molar-refractivity contribution in [2.45, 2.75) is 24.5 Å². The number of hydrogen-bond donors (Lipinski definition) is 4. The number of nitrogens with two attached hydrogens (primary N) is 1. The Balaban J connectivity index is 2.15. The van der Waals surface area contributed by atoms with E-state index in [1.807, 2.05) is 0 Å². The van der Waals surface area contributed by atoms with E-state index in [1.165, 1.54) is 11.2 Å². The molecule has 0 spiro atoms. The Labute approximate surface area is 97.3 Å². The van der Waals surface area contributed by atoms with Crippen LogP contribution < -0.4 is 5.73 Å². The van der Waals surface area contributed by atoms with E-state index in [0.717, 1.165) is 0 Å². The lowest BCUT2D eigenvalue weighted by Gasteiger charge is -2.29. The highest BCUT2D eigenvalue weighted by Crippen LogP contribution is 2.26. The zero-order valence-corrected chi connectivity index (χ0v) is 8.97. The number of nitrogens with zero attached hydrogens (tertiary/aromatic N) is 3. The maximum absolute atomic E-state index is 9.78. The minimum absolute atomic E-state index is 0.0537. The van der Waals surface area contributed by atoms with Gasteiger partial charge in [-0.1, -0.05) is 6.58 Å². The van der Waals surface area contributed by atoms with Gasteiger partial charge in [0.1, 0.15) is 30.5 Å². The first kappa shape index (κ1) is 12.0. The number of rotatable bonds is 2. The summed E-state index contributed by atoms with van der Waals surface area (Å²) in [6.45, 7) is 3.24. The molecular formula is C9H14N4O4. The lowest BCUT2D eigenvalue weighted by atomic mass is 10.1. The van der Waals surface area contributed by atoms with E-state index in [-0.39, 0.29) is 11.8 Å². The van der Waals surface area contributed by atoms with Gasteiger partial charge in [0, 0.05) is 0 Å². The topological polar surface area (TPSA) is 124 Å². The van der Waals surface area contributed by atoms with E-state index in [2.05, 4.69) is 16.6 Å². The van der Waals surface area contributed by atoms with Crippen LogP contribution in [0.2, 0.25) is 0 Å². The van der Waals surface area contributed by atoms with Gasteiger partial charge in [-0.15, -0.1) is 0 Å². The van der Waals surface area contributed by atoms with Crippen molar-refractivity contribution < 1.29 is 20.1 Å². The van der Waals surface area contributed by atoms with Crippen molar-refractivity contribution in [1.82, 2.24) is 4.90 Å². The zero-order chi connectivity index (χ0) is 12.6. The minimum Gasteiger partial charge on any atom is -0.394 e. The molecule has 0 bridgehead atoms. The van der Waals surface area contributed by atoms with Gasteiger partial charge in [-0.3, -0.25) is 4.90 Å². The van der Waals surface area contributed by atoms with Gasteiger partial charge >= 0.3 is 0 Å². The van der Waals surface area contributed by atoms with E-state index < -0.39 is 31.1 Å². The molecule has 0 aromatic heterocycles. The molecule has 5 N–H and O–H groups in total. The molecule has 0 aromatic carbocycles. The van der Waals surface area contributed by atoms with Crippen LogP contribution >= 0.6 is 0 Å². The van der Waals surface area contributed by atoms with Gasteiger partial charge in [-0.2, -0.15) is 4.99 Å². The summed E-state index contributed by atoms with van der Waals surface area (Å²) in [4.78, 5) is 8.91. The summed E-state index contributed by atoms with van der Waals surface area (Å²) in [7, 11) is 0. The highest BCUT2D eigenvalue weighted by Gasteiger charge is 2.45. The summed E-state index contributed by atoms with van der Waals surface area (Å²) < 4.78 is 5.29. The Morgan fingerprint density at radius 3 is 2.71 bits per heavy atom. The Morgan fingerprint density at radius 1 is 1.47 bits per heavy atom. The van der Waals surface area contributed by atoms with Crippen LogP contribution in [0.4, 0.5) is 0 Å². The summed E-state index contributed by atoms with van der Waals surface area (Å²) in [5.41, 5.74) is 5.37. The molecule has 4 unspecified atom stereocenters. The van der Waals surface area contributed by atoms with Crippen molar-refractivity contribution in [2.24, 2.45) is 15.7 Å². The fourth-order valence-electron chi connectivity index (χ4n) is 1.73. The fraction of sp³-hybridized carbons (Fsp3) is 0.556. The van der Waals surface area contributed by atoms with Crippen LogP contribution in [0.15, 0.2) is 22.4 Å². The van der Waals surface area contributed by atoms with E-state index in [1.54, 1.807) is 0 Å². The molecule has 2 rings (SSSR count). The molecular weight excluding hydrogens is 228 g/mol. The number of aliphatic imine (C=N–C) groups is 2. The highest BCUT2D eigenvalue weighted by molar-refractivity contribution is 5.89. The second-order valence-electron chi connectivity index (χ2n) is 3.77. The van der Waals surface area contributed by atoms with Crippen molar-refractivity contribution in [1.29, 1.82) is 0 Å². The lowest BCUT2D eigenvalue weighted by molar-refractivity contribution is -0.0607. The number of guanidine groups is 1. The van der Waals surface area contributed by atoms with Crippen LogP contribution in [0.1, 0.15) is 0 Å². The van der Waals surface area contributed by atoms with Gasteiger partial charge in [0.2, 0.25) is 5.96 Å². The molecule has 0 radical (unpaired) electrons. The maximum atomic E-state index is 9.78. The van der Waals surface area contributed by atoms with Crippen LogP contribution in [-0.4, -0.2) is 63.7 Å². The second kappa shape index (κ2) is 4.41. The summed E-state index contributed by atoms with van der Waals surface area (Å²) in [5.74, 6) is 0.297. The van der Waals surface area contributed by atoms with Crippen LogP contribution in [0.25, 0.3) is 0 Å². The van der Waals surface area contributed by atoms with Crippen LogP contribution in [0.3, 0.4) is 0 Å². The quantitative estimate of drug-likeness (QED) is 0.426. The van der Waals surface area contributed by atoms with Crippen molar-refractivity contribution in [2.75, 3.05) is 6.61 Å². The fourth-order valence-corrected chi connectivity index (χ4v) is 1.73. The lowest BCUT2D eigenvalue weighted by Crippen LogP contribution is -2.44. The Hall–Kier alpha value is -1.48. The number of aliphatic hydroxyl groups is 3. The van der Waals surface area contributed by atoms with Gasteiger partial charge in [-0.25, -0.2) is 4.99 Å². The Morgan fingerprint density at radius 2 is 2.18 bits per heavy atom. The number of hydrogen-bond acceptors (Lipinski definition) is 8. The molecule has 2 aliphatic rings. The molecule has 17 heavy (non-hydrogen) atoms. The predicted molar refractivity (Wildman–Crippen MR) is 58.9 cm³/mol. The van der Waals surface area contributed by atoms with Crippen LogP contribution in [0.5, 0.6) is 0 Å². The first-order valence-corrected chi connectivity index (χ1v) is 5.02. The SMILES string of the molecule is C=C1N=C(N)N=CN1C1OC(CO)C(O)C1O. The smallest absolute Gasteiger partial charge is 0.223 e. The molecule has 2 aliphatic heterocycles. The second-order valence-corrected chi connectivity index (χ2v) is 3.77. The van der Waals surface area contributed by atoms with Crippen molar-refractivity contribution in [3.8, 4) is 0 Å². The van der Waals surface area contributed by atoms with Crippen LogP contribution in [0, 0.1) is 0 Å². The van der Waals surface area contributed by atoms with Gasteiger partial charge in [0.15, 0.2) is 6.23 Å². The number of ether oxygens (including phenoxy) is 1. The highest BCUT2D eigenvalue weighted by atomic mass is 16.6. The predicted octanol–water partition coefficient (Wildman–Crippen LogP) is -2.44. The van der Waals surface area contributed by atoms with Gasteiger partial charge in [0.25, 0.3) is 0 Å². The third kappa shape index (κ3) is 2.03. The minimum atomic E-state index is -1.19. The molecule has 2 heterocycles. The van der Waals surface area contributed by atoms with Gasteiger partial charge < -0.3 is 25.8 Å². The third-order valence-corrected chi connectivity index (χ3v) is 2.65. The molecule has 1 fully saturated rings. The van der Waals surface area contributed by atoms with Crippen molar-refractivity contribution >= 4 is 12.3 Å². The van der Waals surface area contributed by atoms with E-state index in [9.17, 15) is 10.2 Å². The monoisotopic (exact) mass is 242 g/mol. The van der Waals surface area contributed by atoms with Gasteiger partial charge in [0.05, 0.1) is 6.61 Å². The van der Waals surface area contributed by atoms with Crippen molar-refractivity contribution in [3.63, 3.8) is 0 Å². The molecule has 1 saturated heterocycles. The molecule has 0 aromatic rings. The average molecular weight is 242 g/mol. The largest absolute Gasteiger partial charge is 0.394 e. The molecule has 0 amide bonds. The standard InChI is InChI=1S/C9H14N4O4/c1-4-12-9(10)11-3-13(4)8-7(16)6(15)5(2-14)17-8/h3,5-8,14-16H,1-2H2,(H2,10,12). The molecule has 0 saturated carbocycles. The first-order chi connectivity index (χ1) is 8.04. The van der Waals surface area contributed by atoms with Gasteiger partial charge in [-0.05, 0) is 0 Å². The third-order valence-electron chi connectivity index (χ3n) is 2.65.